The molecule has 0 aliphatic heterocycles. The van der Waals surface area contributed by atoms with Crippen molar-refractivity contribution in [2.75, 3.05) is 0 Å². The average molecular weight is 308 g/mol. The summed E-state index contributed by atoms with van der Waals surface area (Å²) in [6.07, 6.45) is 3.31. The standard InChI is InChI=1S/C18H16N2O3/c1-11-7-12(2)17-14(21)9-16(23-15(17)8-11)18(22)20-10-13-3-5-19-6-4-13/h3-9H,10H2,1-2H3,(H,20,22). The van der Waals surface area contributed by atoms with Gasteiger partial charge in [0, 0.05) is 25.0 Å². The Balaban J connectivity index is 1.91. The monoisotopic (exact) mass is 308 g/mol. The van der Waals surface area contributed by atoms with Crippen LogP contribution in [-0.4, -0.2) is 10.9 Å². The Morgan fingerprint density at radius 1 is 1.17 bits per heavy atom. The summed E-state index contributed by atoms with van der Waals surface area (Å²) in [5.41, 5.74) is 2.97. The number of hydrogen-bond acceptors (Lipinski definition) is 4. The van der Waals surface area contributed by atoms with E-state index >= 15 is 0 Å². The maximum absolute atomic E-state index is 12.3. The highest BCUT2D eigenvalue weighted by Gasteiger charge is 2.13. The number of pyridine rings is 1. The first kappa shape index (κ1) is 15.0. The summed E-state index contributed by atoms with van der Waals surface area (Å²) >= 11 is 0. The zero-order chi connectivity index (χ0) is 16.4. The molecular formula is C18H16N2O3. The van der Waals surface area contributed by atoms with Gasteiger partial charge in [0.05, 0.1) is 5.39 Å². The number of hydrogen-bond donors (Lipinski definition) is 1. The van der Waals surface area contributed by atoms with Crippen molar-refractivity contribution in [3.8, 4) is 0 Å². The minimum absolute atomic E-state index is 0.0153. The van der Waals surface area contributed by atoms with Crippen LogP contribution in [0, 0.1) is 13.8 Å². The van der Waals surface area contributed by atoms with Gasteiger partial charge in [-0.1, -0.05) is 6.07 Å². The zero-order valence-corrected chi connectivity index (χ0v) is 12.9. The normalized spacial score (nSPS) is 10.7. The third-order valence-corrected chi connectivity index (χ3v) is 3.60. The number of nitrogens with one attached hydrogen (secondary N) is 1. The Hall–Kier alpha value is -2.95. The summed E-state index contributed by atoms with van der Waals surface area (Å²) in [6, 6.07) is 8.55. The molecule has 0 aliphatic rings. The Labute approximate surface area is 133 Å². The number of fused-ring (bicyclic) bond motifs is 1. The van der Waals surface area contributed by atoms with Crippen LogP contribution in [-0.2, 0) is 6.54 Å². The van der Waals surface area contributed by atoms with E-state index in [-0.39, 0.29) is 11.2 Å². The fraction of sp³-hybridized carbons (Fsp3) is 0.167. The lowest BCUT2D eigenvalue weighted by Crippen LogP contribution is -2.24. The van der Waals surface area contributed by atoms with Crippen LogP contribution in [0.15, 0.2) is 51.9 Å². The molecule has 0 aliphatic carbocycles. The third kappa shape index (κ3) is 3.13. The number of aryl methyl sites for hydroxylation is 2. The number of amides is 1. The lowest BCUT2D eigenvalue weighted by molar-refractivity contribution is 0.0923. The summed E-state index contributed by atoms with van der Waals surface area (Å²) in [6.45, 7) is 4.12. The predicted octanol–water partition coefficient (Wildman–Crippen LogP) is 2.73. The highest BCUT2D eigenvalue weighted by Crippen LogP contribution is 2.18. The van der Waals surface area contributed by atoms with Crippen LogP contribution in [0.5, 0.6) is 0 Å². The first-order chi connectivity index (χ1) is 11.0. The minimum atomic E-state index is -0.417. The molecule has 0 atom stereocenters. The molecule has 116 valence electrons. The number of aromatic nitrogens is 1. The van der Waals surface area contributed by atoms with Gasteiger partial charge in [0.1, 0.15) is 5.58 Å². The van der Waals surface area contributed by atoms with Crippen molar-refractivity contribution >= 4 is 16.9 Å². The summed E-state index contributed by atoms with van der Waals surface area (Å²) in [5.74, 6) is -0.401. The van der Waals surface area contributed by atoms with Crippen LogP contribution in [0.25, 0.3) is 11.0 Å². The van der Waals surface area contributed by atoms with E-state index in [1.165, 1.54) is 6.07 Å². The van der Waals surface area contributed by atoms with Crippen molar-refractivity contribution in [2.45, 2.75) is 20.4 Å². The molecule has 0 saturated heterocycles. The molecule has 0 saturated carbocycles. The largest absolute Gasteiger partial charge is 0.451 e. The molecule has 3 rings (SSSR count). The SMILES string of the molecule is Cc1cc(C)c2c(=O)cc(C(=O)NCc3ccncc3)oc2c1. The molecule has 3 aromatic rings. The number of carbonyl (C=O) groups is 1. The van der Waals surface area contributed by atoms with Crippen molar-refractivity contribution in [3.05, 3.63) is 75.4 Å². The lowest BCUT2D eigenvalue weighted by Gasteiger charge is -2.07. The molecule has 23 heavy (non-hydrogen) atoms. The fourth-order valence-corrected chi connectivity index (χ4v) is 2.55. The molecule has 0 radical (unpaired) electrons. The highest BCUT2D eigenvalue weighted by atomic mass is 16.3. The molecule has 0 fully saturated rings. The fourth-order valence-electron chi connectivity index (χ4n) is 2.55. The van der Waals surface area contributed by atoms with Crippen LogP contribution in [0.3, 0.4) is 0 Å². The Morgan fingerprint density at radius 2 is 1.91 bits per heavy atom. The Bertz CT molecular complexity index is 930. The second-order valence-corrected chi connectivity index (χ2v) is 5.47. The van der Waals surface area contributed by atoms with Crippen LogP contribution >= 0.6 is 0 Å². The summed E-state index contributed by atoms with van der Waals surface area (Å²) in [4.78, 5) is 28.4. The van der Waals surface area contributed by atoms with Gasteiger partial charge < -0.3 is 9.73 Å². The Morgan fingerprint density at radius 3 is 2.65 bits per heavy atom. The van der Waals surface area contributed by atoms with E-state index in [0.29, 0.717) is 17.5 Å². The van der Waals surface area contributed by atoms with Gasteiger partial charge in [-0.05, 0) is 48.7 Å². The van der Waals surface area contributed by atoms with Crippen LogP contribution in [0.4, 0.5) is 0 Å². The molecule has 5 heteroatoms. The first-order valence-corrected chi connectivity index (χ1v) is 7.27. The van der Waals surface area contributed by atoms with E-state index in [4.69, 9.17) is 4.42 Å². The van der Waals surface area contributed by atoms with Gasteiger partial charge in [-0.25, -0.2) is 0 Å². The average Bonchev–Trinajstić information content (AvgIpc) is 2.52. The first-order valence-electron chi connectivity index (χ1n) is 7.27. The Kier molecular flexibility index (Phi) is 3.93. The van der Waals surface area contributed by atoms with Crippen molar-refractivity contribution in [2.24, 2.45) is 0 Å². The molecule has 1 amide bonds. The second kappa shape index (κ2) is 6.04. The van der Waals surface area contributed by atoms with Gasteiger partial charge in [0.15, 0.2) is 11.2 Å². The zero-order valence-electron chi connectivity index (χ0n) is 12.9. The van der Waals surface area contributed by atoms with Crippen molar-refractivity contribution in [1.29, 1.82) is 0 Å². The minimum Gasteiger partial charge on any atom is -0.451 e. The van der Waals surface area contributed by atoms with Crippen LogP contribution < -0.4 is 10.7 Å². The van der Waals surface area contributed by atoms with E-state index in [2.05, 4.69) is 10.3 Å². The van der Waals surface area contributed by atoms with E-state index < -0.39 is 5.91 Å². The van der Waals surface area contributed by atoms with Crippen LogP contribution in [0.2, 0.25) is 0 Å². The highest BCUT2D eigenvalue weighted by molar-refractivity contribution is 5.93. The number of carbonyl (C=O) groups excluding carboxylic acids is 1. The molecule has 1 N–H and O–H groups in total. The van der Waals surface area contributed by atoms with Gasteiger partial charge in [0.2, 0.25) is 0 Å². The van der Waals surface area contributed by atoms with E-state index in [9.17, 15) is 9.59 Å². The maximum Gasteiger partial charge on any atom is 0.287 e. The topological polar surface area (TPSA) is 72.2 Å². The summed E-state index contributed by atoms with van der Waals surface area (Å²) < 4.78 is 5.63. The quantitative estimate of drug-likeness (QED) is 0.807. The second-order valence-electron chi connectivity index (χ2n) is 5.47. The van der Waals surface area contributed by atoms with Crippen LogP contribution in [0.1, 0.15) is 27.2 Å². The lowest BCUT2D eigenvalue weighted by atomic mass is 10.1. The third-order valence-electron chi connectivity index (χ3n) is 3.60. The van der Waals surface area contributed by atoms with E-state index in [1.807, 2.05) is 32.0 Å². The molecule has 0 bridgehead atoms. The number of nitrogens with zero attached hydrogens (tertiary/aromatic N) is 1. The molecule has 2 aromatic heterocycles. The van der Waals surface area contributed by atoms with Crippen molar-refractivity contribution in [1.82, 2.24) is 10.3 Å². The molecule has 0 unspecified atom stereocenters. The molecule has 2 heterocycles. The molecular weight excluding hydrogens is 292 g/mol. The molecule has 1 aromatic carbocycles. The number of benzene rings is 1. The van der Waals surface area contributed by atoms with E-state index in [0.717, 1.165) is 16.7 Å². The maximum atomic E-state index is 12.3. The number of rotatable bonds is 3. The van der Waals surface area contributed by atoms with E-state index in [1.54, 1.807) is 18.5 Å². The smallest absolute Gasteiger partial charge is 0.287 e. The molecule has 0 spiro atoms. The van der Waals surface area contributed by atoms with Crippen molar-refractivity contribution < 1.29 is 9.21 Å². The van der Waals surface area contributed by atoms with Gasteiger partial charge in [-0.2, -0.15) is 0 Å². The summed E-state index contributed by atoms with van der Waals surface area (Å²) in [7, 11) is 0. The van der Waals surface area contributed by atoms with Gasteiger partial charge in [-0.15, -0.1) is 0 Å². The van der Waals surface area contributed by atoms with Gasteiger partial charge >= 0.3 is 0 Å². The molecule has 5 nitrogen and oxygen atoms in total. The van der Waals surface area contributed by atoms with Gasteiger partial charge in [-0.3, -0.25) is 14.6 Å². The summed E-state index contributed by atoms with van der Waals surface area (Å²) in [5, 5.41) is 3.25. The van der Waals surface area contributed by atoms with Gasteiger partial charge in [0.25, 0.3) is 5.91 Å². The van der Waals surface area contributed by atoms with Crippen molar-refractivity contribution in [3.63, 3.8) is 0 Å². The predicted molar refractivity (Wildman–Crippen MR) is 87.4 cm³/mol.